The monoisotopic (exact) mass is 269 g/mol. The number of halogens is 3. The van der Waals surface area contributed by atoms with Crippen molar-refractivity contribution in [2.75, 3.05) is 0 Å². The maximum Gasteiger partial charge on any atom is 0.416 e. The number of aromatic nitrogens is 2. The van der Waals surface area contributed by atoms with Gasteiger partial charge in [-0.2, -0.15) is 13.2 Å². The number of nitrogens with zero attached hydrogens (tertiary/aromatic N) is 1. The molecule has 1 fully saturated rings. The average molecular weight is 269 g/mol. The number of nitrogens with one attached hydrogen (secondary N) is 1. The highest BCUT2D eigenvalue weighted by Gasteiger charge is 2.43. The lowest BCUT2D eigenvalue weighted by Gasteiger charge is -2.10. The molecule has 100 valence electrons. The third kappa shape index (κ3) is 1.99. The molecule has 3 N–H and O–H groups in total. The molecule has 0 spiro atoms. The van der Waals surface area contributed by atoms with Crippen LogP contribution in [0.3, 0.4) is 0 Å². The van der Waals surface area contributed by atoms with Crippen LogP contribution in [0.1, 0.15) is 24.2 Å². The molecule has 0 saturated heterocycles. The summed E-state index contributed by atoms with van der Waals surface area (Å²) < 4.78 is 37.7. The van der Waals surface area contributed by atoms with Gasteiger partial charge in [-0.3, -0.25) is 4.79 Å². The fraction of sp³-hybridized carbons (Fsp3) is 0.333. The fourth-order valence-electron chi connectivity index (χ4n) is 1.92. The molecule has 0 bridgehead atoms. The van der Waals surface area contributed by atoms with Crippen molar-refractivity contribution in [3.8, 4) is 0 Å². The number of hydrogen-bond donors (Lipinski definition) is 2. The molecule has 19 heavy (non-hydrogen) atoms. The number of alkyl halides is 3. The molecule has 0 unspecified atom stereocenters. The normalized spacial score (nSPS) is 17.7. The first-order valence-corrected chi connectivity index (χ1v) is 5.70. The van der Waals surface area contributed by atoms with Gasteiger partial charge in [-0.05, 0) is 31.0 Å². The van der Waals surface area contributed by atoms with E-state index in [0.29, 0.717) is 18.7 Å². The van der Waals surface area contributed by atoms with E-state index >= 15 is 0 Å². The van der Waals surface area contributed by atoms with Crippen LogP contribution in [0.5, 0.6) is 0 Å². The van der Waals surface area contributed by atoms with Gasteiger partial charge in [-0.25, -0.2) is 4.98 Å². The summed E-state index contributed by atoms with van der Waals surface area (Å²) in [4.78, 5) is 18.5. The van der Waals surface area contributed by atoms with Crippen molar-refractivity contribution in [1.82, 2.24) is 9.97 Å². The Hall–Kier alpha value is -1.89. The van der Waals surface area contributed by atoms with E-state index in [1.54, 1.807) is 0 Å². The lowest BCUT2D eigenvalue weighted by Crippen LogP contribution is -2.26. The zero-order chi connectivity index (χ0) is 13.8. The third-order valence-electron chi connectivity index (χ3n) is 3.29. The summed E-state index contributed by atoms with van der Waals surface area (Å²) in [6, 6.07) is 2.91. The van der Waals surface area contributed by atoms with E-state index in [9.17, 15) is 18.0 Å². The van der Waals surface area contributed by atoms with Crippen LogP contribution in [0.15, 0.2) is 23.0 Å². The summed E-state index contributed by atoms with van der Waals surface area (Å²) in [6.07, 6.45) is -3.06. The van der Waals surface area contributed by atoms with Gasteiger partial charge in [0.1, 0.15) is 5.82 Å². The molecule has 7 heteroatoms. The van der Waals surface area contributed by atoms with Crippen LogP contribution in [0.4, 0.5) is 13.2 Å². The molecule has 2 aromatic rings. The number of H-pyrrole nitrogens is 1. The Morgan fingerprint density at radius 2 is 2.00 bits per heavy atom. The summed E-state index contributed by atoms with van der Waals surface area (Å²) in [5.74, 6) is 0.338. The van der Waals surface area contributed by atoms with E-state index in [2.05, 4.69) is 9.97 Å². The van der Waals surface area contributed by atoms with Crippen LogP contribution in [0, 0.1) is 0 Å². The minimum atomic E-state index is -4.48. The van der Waals surface area contributed by atoms with E-state index in [1.165, 1.54) is 6.07 Å². The quantitative estimate of drug-likeness (QED) is 0.830. The molecule has 4 nitrogen and oxygen atoms in total. The second kappa shape index (κ2) is 3.57. The molecular formula is C12H10F3N3O. The summed E-state index contributed by atoms with van der Waals surface area (Å²) in [7, 11) is 0. The van der Waals surface area contributed by atoms with Crippen LogP contribution in [0.2, 0.25) is 0 Å². The molecule has 1 aromatic carbocycles. The minimum absolute atomic E-state index is 0.0807. The van der Waals surface area contributed by atoms with E-state index < -0.39 is 22.8 Å². The van der Waals surface area contributed by atoms with E-state index in [4.69, 9.17) is 5.73 Å². The molecule has 0 atom stereocenters. The molecule has 1 aliphatic rings. The highest BCUT2D eigenvalue weighted by Crippen LogP contribution is 2.40. The smallest absolute Gasteiger partial charge is 0.319 e. The Bertz CT molecular complexity index is 716. The Kier molecular flexibility index (Phi) is 2.28. The van der Waals surface area contributed by atoms with Gasteiger partial charge in [0, 0.05) is 0 Å². The standard InChI is InChI=1S/C12H10F3N3O/c13-12(14,15)6-1-2-8-7(5-6)9(19)18-10(17-8)11(16)3-4-11/h1-2,5H,3-4,16H2,(H,17,18,19). The fourth-order valence-corrected chi connectivity index (χ4v) is 1.92. The van der Waals surface area contributed by atoms with Crippen molar-refractivity contribution in [3.05, 3.63) is 39.9 Å². The molecular weight excluding hydrogens is 259 g/mol. The van der Waals surface area contributed by atoms with Crippen LogP contribution < -0.4 is 11.3 Å². The third-order valence-corrected chi connectivity index (χ3v) is 3.29. The van der Waals surface area contributed by atoms with Gasteiger partial charge in [0.25, 0.3) is 5.56 Å². The van der Waals surface area contributed by atoms with E-state index in [1.807, 2.05) is 0 Å². The van der Waals surface area contributed by atoms with Gasteiger partial charge in [0.05, 0.1) is 22.0 Å². The summed E-state index contributed by atoms with van der Waals surface area (Å²) in [6.45, 7) is 0. The van der Waals surface area contributed by atoms with Crippen LogP contribution in [-0.4, -0.2) is 9.97 Å². The number of fused-ring (bicyclic) bond motifs is 1. The van der Waals surface area contributed by atoms with Crippen LogP contribution in [-0.2, 0) is 11.7 Å². The SMILES string of the molecule is NC1(c2nc3ccc(C(F)(F)F)cc3c(=O)[nH]2)CC1. The Morgan fingerprint density at radius 1 is 1.32 bits per heavy atom. The van der Waals surface area contributed by atoms with Gasteiger partial charge in [0.15, 0.2) is 0 Å². The van der Waals surface area contributed by atoms with E-state index in [0.717, 1.165) is 12.1 Å². The second-order valence-corrected chi connectivity index (χ2v) is 4.80. The molecule has 1 heterocycles. The molecule has 1 aliphatic carbocycles. The number of nitrogens with two attached hydrogens (primary N) is 1. The maximum atomic E-state index is 12.6. The zero-order valence-corrected chi connectivity index (χ0v) is 9.71. The molecule has 1 saturated carbocycles. The van der Waals surface area contributed by atoms with Crippen molar-refractivity contribution >= 4 is 10.9 Å². The minimum Gasteiger partial charge on any atom is -0.319 e. The molecule has 0 aliphatic heterocycles. The van der Waals surface area contributed by atoms with Gasteiger partial charge in [0.2, 0.25) is 0 Å². The van der Waals surface area contributed by atoms with Gasteiger partial charge < -0.3 is 10.7 Å². The largest absolute Gasteiger partial charge is 0.416 e. The zero-order valence-electron chi connectivity index (χ0n) is 9.71. The Morgan fingerprint density at radius 3 is 2.58 bits per heavy atom. The van der Waals surface area contributed by atoms with Crippen molar-refractivity contribution in [2.24, 2.45) is 5.73 Å². The van der Waals surface area contributed by atoms with Crippen molar-refractivity contribution in [2.45, 2.75) is 24.6 Å². The van der Waals surface area contributed by atoms with Gasteiger partial charge in [-0.1, -0.05) is 0 Å². The van der Waals surface area contributed by atoms with Crippen molar-refractivity contribution in [1.29, 1.82) is 0 Å². The first-order chi connectivity index (χ1) is 8.79. The van der Waals surface area contributed by atoms with Crippen molar-refractivity contribution < 1.29 is 13.2 Å². The molecule has 0 radical (unpaired) electrons. The highest BCUT2D eigenvalue weighted by atomic mass is 19.4. The number of hydrogen-bond acceptors (Lipinski definition) is 3. The average Bonchev–Trinajstić information content (AvgIpc) is 3.07. The first-order valence-electron chi connectivity index (χ1n) is 5.70. The van der Waals surface area contributed by atoms with Gasteiger partial charge >= 0.3 is 6.18 Å². The number of rotatable bonds is 1. The van der Waals surface area contributed by atoms with Gasteiger partial charge in [-0.15, -0.1) is 0 Å². The summed E-state index contributed by atoms with van der Waals surface area (Å²) in [5, 5.41) is -0.0807. The molecule has 1 aromatic heterocycles. The van der Waals surface area contributed by atoms with E-state index in [-0.39, 0.29) is 10.9 Å². The first kappa shape index (κ1) is 12.2. The lowest BCUT2D eigenvalue weighted by molar-refractivity contribution is -0.137. The summed E-state index contributed by atoms with van der Waals surface area (Å²) in [5.41, 5.74) is 4.05. The highest BCUT2D eigenvalue weighted by molar-refractivity contribution is 5.78. The maximum absolute atomic E-state index is 12.6. The van der Waals surface area contributed by atoms with Crippen LogP contribution >= 0.6 is 0 Å². The Balaban J connectivity index is 2.21. The van der Waals surface area contributed by atoms with Crippen LogP contribution in [0.25, 0.3) is 10.9 Å². The number of benzene rings is 1. The topological polar surface area (TPSA) is 71.8 Å². The number of aromatic amines is 1. The predicted molar refractivity (Wildman–Crippen MR) is 62.5 cm³/mol. The Labute approximate surface area is 105 Å². The lowest BCUT2D eigenvalue weighted by atomic mass is 10.1. The van der Waals surface area contributed by atoms with Crippen molar-refractivity contribution in [3.63, 3.8) is 0 Å². The molecule has 3 rings (SSSR count). The predicted octanol–water partition coefficient (Wildman–Crippen LogP) is 1.89. The molecule has 0 amide bonds. The summed E-state index contributed by atoms with van der Waals surface area (Å²) >= 11 is 0. The second-order valence-electron chi connectivity index (χ2n) is 4.80.